The molecule has 2 rings (SSSR count). The summed E-state index contributed by atoms with van der Waals surface area (Å²) in [7, 11) is 0. The van der Waals surface area contributed by atoms with Gasteiger partial charge in [0.05, 0.1) is 0 Å². The highest BCUT2D eigenvalue weighted by Crippen LogP contribution is 2.06. The number of hydrogen-bond donors (Lipinski definition) is 1. The van der Waals surface area contributed by atoms with E-state index in [4.69, 9.17) is 0 Å². The Labute approximate surface area is 102 Å². The van der Waals surface area contributed by atoms with E-state index in [1.165, 1.54) is 5.56 Å². The first-order chi connectivity index (χ1) is 8.25. The molecule has 0 aliphatic carbocycles. The lowest BCUT2D eigenvalue weighted by atomic mass is 10.2. The Morgan fingerprint density at radius 2 is 2.24 bits per heavy atom. The molecule has 0 bridgehead atoms. The second kappa shape index (κ2) is 5.59. The van der Waals surface area contributed by atoms with Crippen molar-refractivity contribution in [3.8, 4) is 5.82 Å². The molecule has 2 aromatic heterocycles. The summed E-state index contributed by atoms with van der Waals surface area (Å²) in [6.45, 7) is 6.32. The smallest absolute Gasteiger partial charge is 0.138 e. The fraction of sp³-hybridized carbons (Fsp3) is 0.385. The highest BCUT2D eigenvalue weighted by atomic mass is 15.1. The summed E-state index contributed by atoms with van der Waals surface area (Å²) in [6, 6.07) is 4.11. The summed E-state index contributed by atoms with van der Waals surface area (Å²) in [5.74, 6) is 1.58. The van der Waals surface area contributed by atoms with Gasteiger partial charge >= 0.3 is 0 Å². The maximum Gasteiger partial charge on any atom is 0.138 e. The molecule has 0 fully saturated rings. The quantitative estimate of drug-likeness (QED) is 0.854. The van der Waals surface area contributed by atoms with Gasteiger partial charge in [-0.15, -0.1) is 0 Å². The van der Waals surface area contributed by atoms with Crippen LogP contribution in [0.25, 0.3) is 5.82 Å². The number of aromatic nitrogens is 3. The Bertz CT molecular complexity index is 448. The van der Waals surface area contributed by atoms with Gasteiger partial charge in [0.15, 0.2) is 0 Å². The van der Waals surface area contributed by atoms with Gasteiger partial charge in [-0.1, -0.05) is 13.8 Å². The summed E-state index contributed by atoms with van der Waals surface area (Å²) in [4.78, 5) is 8.34. The SMILES string of the molecule is CC(C)CNCc1ccnc(-n2ccnc2)c1. The predicted molar refractivity (Wildman–Crippen MR) is 67.9 cm³/mol. The fourth-order valence-electron chi connectivity index (χ4n) is 1.61. The normalized spacial score (nSPS) is 11.0. The third-order valence-corrected chi connectivity index (χ3v) is 2.46. The molecule has 0 aliphatic heterocycles. The van der Waals surface area contributed by atoms with Crippen LogP contribution in [-0.2, 0) is 6.54 Å². The minimum absolute atomic E-state index is 0.671. The van der Waals surface area contributed by atoms with Crippen LogP contribution in [0.4, 0.5) is 0 Å². The molecule has 4 nitrogen and oxygen atoms in total. The van der Waals surface area contributed by atoms with Crippen LogP contribution in [0.2, 0.25) is 0 Å². The van der Waals surface area contributed by atoms with Crippen molar-refractivity contribution in [3.63, 3.8) is 0 Å². The van der Waals surface area contributed by atoms with E-state index in [0.29, 0.717) is 5.92 Å². The van der Waals surface area contributed by atoms with Crippen molar-refractivity contribution < 1.29 is 0 Å². The molecule has 4 heteroatoms. The Balaban J connectivity index is 2.02. The maximum atomic E-state index is 4.32. The molecule has 0 unspecified atom stereocenters. The highest BCUT2D eigenvalue weighted by Gasteiger charge is 1.99. The lowest BCUT2D eigenvalue weighted by Crippen LogP contribution is -2.19. The van der Waals surface area contributed by atoms with E-state index in [1.54, 1.807) is 12.5 Å². The van der Waals surface area contributed by atoms with Gasteiger partial charge in [0.1, 0.15) is 12.1 Å². The maximum absolute atomic E-state index is 4.32. The van der Waals surface area contributed by atoms with E-state index in [9.17, 15) is 0 Å². The number of pyridine rings is 1. The van der Waals surface area contributed by atoms with Crippen LogP contribution >= 0.6 is 0 Å². The fourth-order valence-corrected chi connectivity index (χ4v) is 1.61. The number of nitrogens with zero attached hydrogens (tertiary/aromatic N) is 3. The van der Waals surface area contributed by atoms with Gasteiger partial charge in [0.2, 0.25) is 0 Å². The van der Waals surface area contributed by atoms with E-state index in [1.807, 2.05) is 23.0 Å². The predicted octanol–water partition coefficient (Wildman–Crippen LogP) is 2.01. The molecule has 17 heavy (non-hydrogen) atoms. The molecule has 2 aromatic rings. The van der Waals surface area contributed by atoms with Gasteiger partial charge < -0.3 is 5.32 Å². The summed E-state index contributed by atoms with van der Waals surface area (Å²) < 4.78 is 1.91. The molecule has 2 heterocycles. The average molecular weight is 230 g/mol. The van der Waals surface area contributed by atoms with Crippen molar-refractivity contribution in [2.45, 2.75) is 20.4 Å². The van der Waals surface area contributed by atoms with E-state index >= 15 is 0 Å². The molecule has 0 saturated carbocycles. The minimum Gasteiger partial charge on any atom is -0.312 e. The minimum atomic E-state index is 0.671. The Kier molecular flexibility index (Phi) is 3.88. The zero-order valence-corrected chi connectivity index (χ0v) is 10.3. The van der Waals surface area contributed by atoms with Crippen molar-refractivity contribution in [3.05, 3.63) is 42.6 Å². The van der Waals surface area contributed by atoms with Gasteiger partial charge in [-0.2, -0.15) is 0 Å². The second-order valence-corrected chi connectivity index (χ2v) is 4.52. The van der Waals surface area contributed by atoms with Crippen molar-refractivity contribution in [1.82, 2.24) is 19.9 Å². The first kappa shape index (κ1) is 11.8. The van der Waals surface area contributed by atoms with Crippen LogP contribution in [0.1, 0.15) is 19.4 Å². The van der Waals surface area contributed by atoms with Crippen LogP contribution in [0.5, 0.6) is 0 Å². The molecule has 1 N–H and O–H groups in total. The Morgan fingerprint density at radius 3 is 2.94 bits per heavy atom. The van der Waals surface area contributed by atoms with Crippen molar-refractivity contribution >= 4 is 0 Å². The molecule has 0 radical (unpaired) electrons. The molecule has 0 saturated heterocycles. The van der Waals surface area contributed by atoms with Gasteiger partial charge in [-0.25, -0.2) is 9.97 Å². The van der Waals surface area contributed by atoms with E-state index in [-0.39, 0.29) is 0 Å². The molecule has 0 aromatic carbocycles. The summed E-state index contributed by atoms with van der Waals surface area (Å²) in [6.07, 6.45) is 7.24. The van der Waals surface area contributed by atoms with Crippen molar-refractivity contribution in [2.24, 2.45) is 5.92 Å². The molecule has 0 aliphatic rings. The molecule has 90 valence electrons. The molecule has 0 amide bonds. The lowest BCUT2D eigenvalue weighted by Gasteiger charge is -2.08. The van der Waals surface area contributed by atoms with Crippen LogP contribution < -0.4 is 5.32 Å². The zero-order valence-electron chi connectivity index (χ0n) is 10.3. The molecule has 0 atom stereocenters. The third kappa shape index (κ3) is 3.39. The van der Waals surface area contributed by atoms with Crippen LogP contribution in [0, 0.1) is 5.92 Å². The monoisotopic (exact) mass is 230 g/mol. The zero-order chi connectivity index (χ0) is 12.1. The average Bonchev–Trinajstić information content (AvgIpc) is 2.82. The van der Waals surface area contributed by atoms with E-state index < -0.39 is 0 Å². The molecular weight excluding hydrogens is 212 g/mol. The number of imidazole rings is 1. The number of hydrogen-bond acceptors (Lipinski definition) is 3. The number of rotatable bonds is 5. The first-order valence-corrected chi connectivity index (χ1v) is 5.89. The van der Waals surface area contributed by atoms with Crippen LogP contribution in [-0.4, -0.2) is 21.1 Å². The van der Waals surface area contributed by atoms with Crippen LogP contribution in [0.3, 0.4) is 0 Å². The van der Waals surface area contributed by atoms with E-state index in [0.717, 1.165) is 18.9 Å². The molecular formula is C13H18N4. The Morgan fingerprint density at radius 1 is 1.35 bits per heavy atom. The molecule has 0 spiro atoms. The standard InChI is InChI=1S/C13H18N4/c1-11(2)8-15-9-12-3-4-16-13(7-12)17-6-5-14-10-17/h3-7,10-11,15H,8-9H2,1-2H3. The number of nitrogens with one attached hydrogen (secondary N) is 1. The van der Waals surface area contributed by atoms with Crippen molar-refractivity contribution in [2.75, 3.05) is 6.54 Å². The van der Waals surface area contributed by atoms with Gasteiger partial charge in [0, 0.05) is 25.1 Å². The van der Waals surface area contributed by atoms with Crippen LogP contribution in [0.15, 0.2) is 37.1 Å². The Hall–Kier alpha value is -1.68. The lowest BCUT2D eigenvalue weighted by molar-refractivity contribution is 0.552. The first-order valence-electron chi connectivity index (χ1n) is 5.89. The summed E-state index contributed by atoms with van der Waals surface area (Å²) in [5, 5.41) is 3.42. The second-order valence-electron chi connectivity index (χ2n) is 4.52. The van der Waals surface area contributed by atoms with Gasteiger partial charge in [0.25, 0.3) is 0 Å². The van der Waals surface area contributed by atoms with Gasteiger partial charge in [-0.3, -0.25) is 4.57 Å². The topological polar surface area (TPSA) is 42.7 Å². The summed E-state index contributed by atoms with van der Waals surface area (Å²) in [5.41, 5.74) is 1.24. The van der Waals surface area contributed by atoms with E-state index in [2.05, 4.69) is 35.2 Å². The van der Waals surface area contributed by atoms with Crippen molar-refractivity contribution in [1.29, 1.82) is 0 Å². The van der Waals surface area contributed by atoms with Gasteiger partial charge in [-0.05, 0) is 30.2 Å². The largest absolute Gasteiger partial charge is 0.312 e. The summed E-state index contributed by atoms with van der Waals surface area (Å²) >= 11 is 0. The third-order valence-electron chi connectivity index (χ3n) is 2.46. The highest BCUT2D eigenvalue weighted by molar-refractivity contribution is 5.27.